The van der Waals surface area contributed by atoms with Crippen LogP contribution >= 0.6 is 0 Å². The lowest BCUT2D eigenvalue weighted by molar-refractivity contribution is -0.137. The molecule has 31 heavy (non-hydrogen) atoms. The molecule has 2 amide bonds. The molecule has 0 radical (unpaired) electrons. The quantitative estimate of drug-likeness (QED) is 0.389. The highest BCUT2D eigenvalue weighted by molar-refractivity contribution is 6.35. The van der Waals surface area contributed by atoms with Crippen LogP contribution < -0.4 is 0 Å². The Hall–Kier alpha value is -2.21. The molecule has 0 saturated carbocycles. The van der Waals surface area contributed by atoms with Crippen LogP contribution in [0.4, 0.5) is 4.39 Å². The predicted octanol–water partition coefficient (Wildman–Crippen LogP) is 4.29. The number of unbranched alkanes of at least 4 members (excludes halogenated alkanes) is 7. The van der Waals surface area contributed by atoms with E-state index in [2.05, 4.69) is 18.9 Å². The maximum atomic E-state index is 13.5. The fraction of sp³-hybridized carbons (Fsp3) is 0.600. The number of amides is 2. The molecule has 1 aromatic rings. The van der Waals surface area contributed by atoms with Gasteiger partial charge in [-0.05, 0) is 31.2 Å². The molecule has 6 heteroatoms. The van der Waals surface area contributed by atoms with Crippen LogP contribution in [-0.2, 0) is 9.59 Å². The monoisotopic (exact) mass is 429 g/mol. The summed E-state index contributed by atoms with van der Waals surface area (Å²) in [4.78, 5) is 32.2. The molecule has 2 heterocycles. The van der Waals surface area contributed by atoms with E-state index in [0.29, 0.717) is 36.5 Å². The second-order valence-corrected chi connectivity index (χ2v) is 8.76. The van der Waals surface area contributed by atoms with Crippen molar-refractivity contribution in [2.75, 3.05) is 39.8 Å². The largest absolute Gasteiger partial charge is 0.364 e. The highest BCUT2D eigenvalue weighted by atomic mass is 19.1. The summed E-state index contributed by atoms with van der Waals surface area (Å²) in [6.45, 7) is 5.78. The summed E-state index contributed by atoms with van der Waals surface area (Å²) in [6, 6.07) is 5.91. The van der Waals surface area contributed by atoms with Gasteiger partial charge in [0, 0.05) is 32.7 Å². The second-order valence-electron chi connectivity index (χ2n) is 8.76. The Labute approximate surface area is 185 Å². The van der Waals surface area contributed by atoms with E-state index in [4.69, 9.17) is 0 Å². The van der Waals surface area contributed by atoms with E-state index >= 15 is 0 Å². The molecule has 1 saturated heterocycles. The number of carbonyl (C=O) groups is 2. The van der Waals surface area contributed by atoms with Crippen molar-refractivity contribution in [1.29, 1.82) is 0 Å². The number of hydrogen-bond acceptors (Lipinski definition) is 4. The van der Waals surface area contributed by atoms with E-state index in [1.54, 1.807) is 12.1 Å². The van der Waals surface area contributed by atoms with Crippen LogP contribution in [0.2, 0.25) is 0 Å². The Morgan fingerprint density at radius 3 is 2.00 bits per heavy atom. The molecule has 0 N–H and O–H groups in total. The van der Waals surface area contributed by atoms with E-state index < -0.39 is 0 Å². The van der Waals surface area contributed by atoms with Gasteiger partial charge in [-0.3, -0.25) is 14.5 Å². The van der Waals surface area contributed by atoms with Crippen LogP contribution in [0.25, 0.3) is 5.57 Å². The molecule has 0 spiro atoms. The first kappa shape index (κ1) is 23.5. The van der Waals surface area contributed by atoms with Gasteiger partial charge in [0.2, 0.25) is 0 Å². The van der Waals surface area contributed by atoms with E-state index in [1.165, 1.54) is 49.1 Å². The first-order valence-electron chi connectivity index (χ1n) is 11.8. The first-order valence-corrected chi connectivity index (χ1v) is 11.8. The summed E-state index contributed by atoms with van der Waals surface area (Å²) in [6.07, 6.45) is 9.31. The normalized spacial score (nSPS) is 17.9. The molecular formula is C25H36FN3O2. The van der Waals surface area contributed by atoms with Crippen molar-refractivity contribution in [2.45, 2.75) is 58.3 Å². The van der Waals surface area contributed by atoms with Crippen LogP contribution in [0, 0.1) is 5.82 Å². The zero-order valence-corrected chi connectivity index (χ0v) is 19.0. The fourth-order valence-corrected chi connectivity index (χ4v) is 4.37. The van der Waals surface area contributed by atoms with Gasteiger partial charge in [-0.25, -0.2) is 4.39 Å². The zero-order chi connectivity index (χ0) is 22.2. The van der Waals surface area contributed by atoms with Gasteiger partial charge in [-0.1, -0.05) is 64.0 Å². The molecule has 3 rings (SSSR count). The van der Waals surface area contributed by atoms with Crippen LogP contribution in [0.1, 0.15) is 63.9 Å². The molecule has 5 nitrogen and oxygen atoms in total. The van der Waals surface area contributed by atoms with Gasteiger partial charge >= 0.3 is 0 Å². The average molecular weight is 430 g/mol. The van der Waals surface area contributed by atoms with Crippen LogP contribution in [0.3, 0.4) is 0 Å². The molecule has 0 unspecified atom stereocenters. The smallest absolute Gasteiger partial charge is 0.277 e. The third-order valence-electron chi connectivity index (χ3n) is 6.33. The molecule has 0 aliphatic carbocycles. The minimum atomic E-state index is -0.349. The lowest BCUT2D eigenvalue weighted by Gasteiger charge is -2.34. The maximum Gasteiger partial charge on any atom is 0.277 e. The topological polar surface area (TPSA) is 43.9 Å². The number of rotatable bonds is 11. The molecular weight excluding hydrogens is 393 g/mol. The highest BCUT2D eigenvalue weighted by Gasteiger charge is 2.41. The summed E-state index contributed by atoms with van der Waals surface area (Å²) >= 11 is 0. The van der Waals surface area contributed by atoms with Crippen molar-refractivity contribution in [3.8, 4) is 0 Å². The van der Waals surface area contributed by atoms with Crippen molar-refractivity contribution in [2.24, 2.45) is 0 Å². The minimum absolute atomic E-state index is 0.197. The van der Waals surface area contributed by atoms with Crippen molar-refractivity contribution in [3.63, 3.8) is 0 Å². The molecule has 0 aromatic heterocycles. The Morgan fingerprint density at radius 1 is 0.806 bits per heavy atom. The molecule has 170 valence electrons. The number of piperazine rings is 1. The lowest BCUT2D eigenvalue weighted by Crippen LogP contribution is -2.46. The second kappa shape index (κ2) is 11.4. The molecule has 0 bridgehead atoms. The Kier molecular flexibility index (Phi) is 8.64. The van der Waals surface area contributed by atoms with E-state index in [0.717, 1.165) is 32.4 Å². The van der Waals surface area contributed by atoms with Crippen molar-refractivity contribution in [3.05, 3.63) is 41.3 Å². The number of imide groups is 1. The van der Waals surface area contributed by atoms with E-state index in [1.807, 2.05) is 4.90 Å². The number of benzene rings is 1. The lowest BCUT2D eigenvalue weighted by atomic mass is 10.0. The predicted molar refractivity (Wildman–Crippen MR) is 122 cm³/mol. The van der Waals surface area contributed by atoms with Crippen LogP contribution in [-0.4, -0.2) is 66.3 Å². The SMILES string of the molecule is CCCCCCCCCCN1C(=O)C(c2ccc(F)cc2)=C(N2CCN(C)CC2)C1=O. The number of halogens is 1. The van der Waals surface area contributed by atoms with Crippen LogP contribution in [0.5, 0.6) is 0 Å². The summed E-state index contributed by atoms with van der Waals surface area (Å²) in [7, 11) is 2.06. The Bertz CT molecular complexity index is 782. The number of carbonyl (C=O) groups excluding carboxylic acids is 2. The van der Waals surface area contributed by atoms with E-state index in [9.17, 15) is 14.0 Å². The van der Waals surface area contributed by atoms with Crippen LogP contribution in [0.15, 0.2) is 30.0 Å². The fourth-order valence-electron chi connectivity index (χ4n) is 4.37. The first-order chi connectivity index (χ1) is 15.0. The summed E-state index contributed by atoms with van der Waals surface area (Å²) in [5.41, 5.74) is 1.53. The summed E-state index contributed by atoms with van der Waals surface area (Å²) in [5.74, 6) is -0.789. The summed E-state index contributed by atoms with van der Waals surface area (Å²) in [5, 5.41) is 0. The highest BCUT2D eigenvalue weighted by Crippen LogP contribution is 2.32. The third kappa shape index (κ3) is 5.94. The molecule has 0 atom stereocenters. The van der Waals surface area contributed by atoms with E-state index in [-0.39, 0.29) is 17.6 Å². The Balaban J connectivity index is 1.67. The van der Waals surface area contributed by atoms with Crippen molar-refractivity contribution in [1.82, 2.24) is 14.7 Å². The summed E-state index contributed by atoms with van der Waals surface area (Å²) < 4.78 is 13.5. The van der Waals surface area contributed by atoms with Gasteiger partial charge in [-0.2, -0.15) is 0 Å². The maximum absolute atomic E-state index is 13.5. The zero-order valence-electron chi connectivity index (χ0n) is 19.0. The molecule has 1 aromatic carbocycles. The molecule has 2 aliphatic rings. The van der Waals surface area contributed by atoms with Gasteiger partial charge in [-0.15, -0.1) is 0 Å². The minimum Gasteiger partial charge on any atom is -0.364 e. The third-order valence-corrected chi connectivity index (χ3v) is 6.33. The number of likely N-dealkylation sites (N-methyl/N-ethyl adjacent to an activating group) is 1. The van der Waals surface area contributed by atoms with Crippen molar-refractivity contribution < 1.29 is 14.0 Å². The van der Waals surface area contributed by atoms with Gasteiger partial charge in [0.25, 0.3) is 11.8 Å². The van der Waals surface area contributed by atoms with Gasteiger partial charge in [0.1, 0.15) is 11.5 Å². The number of nitrogens with zero attached hydrogens (tertiary/aromatic N) is 3. The average Bonchev–Trinajstić information content (AvgIpc) is 3.01. The van der Waals surface area contributed by atoms with Gasteiger partial charge in [0.15, 0.2) is 0 Å². The van der Waals surface area contributed by atoms with Crippen molar-refractivity contribution >= 4 is 17.4 Å². The molecule has 1 fully saturated rings. The Morgan fingerprint density at radius 2 is 1.39 bits per heavy atom. The standard InChI is InChI=1S/C25H36FN3O2/c1-3-4-5-6-7-8-9-10-15-29-24(30)22(20-11-13-21(26)14-12-20)23(25(29)31)28-18-16-27(2)17-19-28/h11-14H,3-10,15-19H2,1-2H3. The van der Waals surface area contributed by atoms with Gasteiger partial charge < -0.3 is 9.80 Å². The van der Waals surface area contributed by atoms with Gasteiger partial charge in [0.05, 0.1) is 5.57 Å². The number of hydrogen-bond donors (Lipinski definition) is 0. The molecule has 2 aliphatic heterocycles.